The molecule has 1 fully saturated rings. The number of likely N-dealkylation sites (tertiary alicyclic amines) is 1. The number of anilines is 3. The zero-order valence-electron chi connectivity index (χ0n) is 17.5. The average molecular weight is 405 g/mol. The Morgan fingerprint density at radius 3 is 2.57 bits per heavy atom. The first-order valence-corrected chi connectivity index (χ1v) is 10.4. The molecule has 4 rings (SSSR count). The maximum absolute atomic E-state index is 5.97. The van der Waals surface area contributed by atoms with Crippen molar-refractivity contribution in [3.63, 3.8) is 0 Å². The summed E-state index contributed by atoms with van der Waals surface area (Å²) in [6.45, 7) is 6.36. The molecule has 2 heterocycles. The van der Waals surface area contributed by atoms with E-state index in [1.165, 1.54) is 11.1 Å². The van der Waals surface area contributed by atoms with Crippen molar-refractivity contribution in [2.24, 2.45) is 0 Å². The van der Waals surface area contributed by atoms with E-state index >= 15 is 0 Å². The van der Waals surface area contributed by atoms with Crippen LogP contribution in [0.4, 0.5) is 17.6 Å². The van der Waals surface area contributed by atoms with Crippen LogP contribution in [-0.2, 0) is 6.54 Å². The van der Waals surface area contributed by atoms with Crippen LogP contribution in [0.3, 0.4) is 0 Å². The molecule has 3 aromatic rings. The lowest BCUT2D eigenvalue weighted by atomic mass is 10.0. The molecule has 3 N–H and O–H groups in total. The van der Waals surface area contributed by atoms with Gasteiger partial charge in [0.2, 0.25) is 11.9 Å². The molecule has 7 heteroatoms. The van der Waals surface area contributed by atoms with Gasteiger partial charge in [0.05, 0.1) is 13.2 Å². The Kier molecular flexibility index (Phi) is 6.09. The Morgan fingerprint density at radius 1 is 1.07 bits per heavy atom. The van der Waals surface area contributed by atoms with E-state index in [4.69, 9.17) is 10.5 Å². The average Bonchev–Trinajstić information content (AvgIpc) is 3.18. The quantitative estimate of drug-likeness (QED) is 0.609. The van der Waals surface area contributed by atoms with E-state index in [0.717, 1.165) is 30.8 Å². The predicted molar refractivity (Wildman–Crippen MR) is 119 cm³/mol. The molecule has 1 atom stereocenters. The third kappa shape index (κ3) is 4.86. The molecule has 0 unspecified atom stereocenters. The van der Waals surface area contributed by atoms with E-state index in [0.29, 0.717) is 31.0 Å². The van der Waals surface area contributed by atoms with Crippen molar-refractivity contribution in [3.8, 4) is 5.75 Å². The third-order valence-corrected chi connectivity index (χ3v) is 5.29. The standard InChI is InChI=1S/C23H28N6O/c1-3-30-19-12-8-17(9-13-19)20-5-4-14-29(20)15-21-26-22(24)28-23(27-21)25-18-10-6-16(2)7-11-18/h6-13,20H,3-5,14-15H2,1-2H3,(H3,24,25,26,27,28)/t20-/m1/s1. The minimum Gasteiger partial charge on any atom is -0.494 e. The van der Waals surface area contributed by atoms with E-state index in [-0.39, 0.29) is 5.95 Å². The van der Waals surface area contributed by atoms with Gasteiger partial charge in [-0.2, -0.15) is 15.0 Å². The Hall–Kier alpha value is -3.19. The van der Waals surface area contributed by atoms with Crippen LogP contribution in [0.2, 0.25) is 0 Å². The molecule has 1 aromatic heterocycles. The van der Waals surface area contributed by atoms with E-state index in [1.54, 1.807) is 0 Å². The van der Waals surface area contributed by atoms with Gasteiger partial charge < -0.3 is 15.8 Å². The molecular weight excluding hydrogens is 376 g/mol. The second kappa shape index (κ2) is 9.09. The van der Waals surface area contributed by atoms with Crippen molar-refractivity contribution in [2.45, 2.75) is 39.3 Å². The molecule has 0 radical (unpaired) electrons. The second-order valence-electron chi connectivity index (χ2n) is 7.56. The fraction of sp³-hybridized carbons (Fsp3) is 0.348. The van der Waals surface area contributed by atoms with Gasteiger partial charge in [-0.25, -0.2) is 0 Å². The SMILES string of the molecule is CCOc1ccc([C@H]2CCCN2Cc2nc(N)nc(Nc3ccc(C)cc3)n2)cc1. The highest BCUT2D eigenvalue weighted by molar-refractivity contribution is 5.54. The van der Waals surface area contributed by atoms with Crippen molar-refractivity contribution in [2.75, 3.05) is 24.2 Å². The minimum atomic E-state index is 0.228. The lowest BCUT2D eigenvalue weighted by molar-refractivity contribution is 0.242. The molecule has 2 aromatic carbocycles. The van der Waals surface area contributed by atoms with E-state index < -0.39 is 0 Å². The first-order valence-electron chi connectivity index (χ1n) is 10.4. The topological polar surface area (TPSA) is 89.2 Å². The summed E-state index contributed by atoms with van der Waals surface area (Å²) in [4.78, 5) is 15.6. The zero-order chi connectivity index (χ0) is 20.9. The summed E-state index contributed by atoms with van der Waals surface area (Å²) in [7, 11) is 0. The van der Waals surface area contributed by atoms with Gasteiger partial charge in [-0.15, -0.1) is 0 Å². The number of benzene rings is 2. The molecule has 7 nitrogen and oxygen atoms in total. The first kappa shape index (κ1) is 20.1. The Balaban J connectivity index is 1.48. The summed E-state index contributed by atoms with van der Waals surface area (Å²) in [5, 5.41) is 3.22. The molecular formula is C23H28N6O. The Bertz CT molecular complexity index is 974. The largest absolute Gasteiger partial charge is 0.494 e. The maximum Gasteiger partial charge on any atom is 0.232 e. The molecule has 1 aliphatic heterocycles. The van der Waals surface area contributed by atoms with Crippen molar-refractivity contribution in [1.82, 2.24) is 19.9 Å². The van der Waals surface area contributed by atoms with Crippen molar-refractivity contribution in [1.29, 1.82) is 0 Å². The molecule has 0 aliphatic carbocycles. The van der Waals surface area contributed by atoms with Crippen molar-refractivity contribution < 1.29 is 4.74 Å². The van der Waals surface area contributed by atoms with Gasteiger partial charge >= 0.3 is 0 Å². The van der Waals surface area contributed by atoms with E-state index in [2.05, 4.69) is 44.2 Å². The molecule has 0 spiro atoms. The summed E-state index contributed by atoms with van der Waals surface area (Å²) in [5.74, 6) is 2.28. The van der Waals surface area contributed by atoms with E-state index in [9.17, 15) is 0 Å². The fourth-order valence-electron chi connectivity index (χ4n) is 3.86. The third-order valence-electron chi connectivity index (χ3n) is 5.29. The van der Waals surface area contributed by atoms with Gasteiger partial charge in [0, 0.05) is 11.7 Å². The lowest BCUT2D eigenvalue weighted by Crippen LogP contribution is -2.24. The molecule has 0 saturated carbocycles. The fourth-order valence-corrected chi connectivity index (χ4v) is 3.86. The van der Waals surface area contributed by atoms with Crippen LogP contribution in [0, 0.1) is 6.92 Å². The number of nitrogens with zero attached hydrogens (tertiary/aromatic N) is 4. The van der Waals surface area contributed by atoms with Gasteiger partial charge in [0.15, 0.2) is 0 Å². The van der Waals surface area contributed by atoms with Crippen LogP contribution < -0.4 is 15.8 Å². The maximum atomic E-state index is 5.97. The number of nitrogens with two attached hydrogens (primary N) is 1. The highest BCUT2D eigenvalue weighted by atomic mass is 16.5. The van der Waals surface area contributed by atoms with Crippen molar-refractivity contribution in [3.05, 3.63) is 65.5 Å². The summed E-state index contributed by atoms with van der Waals surface area (Å²) >= 11 is 0. The van der Waals surface area contributed by atoms with Gasteiger partial charge in [-0.05, 0) is 63.1 Å². The number of nitrogens with one attached hydrogen (secondary N) is 1. The minimum absolute atomic E-state index is 0.228. The summed E-state index contributed by atoms with van der Waals surface area (Å²) in [6, 6.07) is 16.8. The normalized spacial score (nSPS) is 16.5. The summed E-state index contributed by atoms with van der Waals surface area (Å²) < 4.78 is 5.57. The van der Waals surface area contributed by atoms with Crippen LogP contribution in [0.15, 0.2) is 48.5 Å². The number of rotatable bonds is 7. The highest BCUT2D eigenvalue weighted by Crippen LogP contribution is 2.33. The molecule has 156 valence electrons. The molecule has 0 bridgehead atoms. The van der Waals surface area contributed by atoms with Crippen LogP contribution >= 0.6 is 0 Å². The van der Waals surface area contributed by atoms with Crippen molar-refractivity contribution >= 4 is 17.6 Å². The van der Waals surface area contributed by atoms with Crippen LogP contribution in [0.5, 0.6) is 5.75 Å². The van der Waals surface area contributed by atoms with Gasteiger partial charge in [0.1, 0.15) is 11.6 Å². The smallest absolute Gasteiger partial charge is 0.232 e. The Morgan fingerprint density at radius 2 is 1.83 bits per heavy atom. The van der Waals surface area contributed by atoms with E-state index in [1.807, 2.05) is 43.3 Å². The van der Waals surface area contributed by atoms with Crippen LogP contribution in [0.1, 0.15) is 42.8 Å². The van der Waals surface area contributed by atoms with Gasteiger partial charge in [-0.3, -0.25) is 4.90 Å². The monoisotopic (exact) mass is 404 g/mol. The molecule has 0 amide bonds. The van der Waals surface area contributed by atoms with Gasteiger partial charge in [0.25, 0.3) is 0 Å². The van der Waals surface area contributed by atoms with Gasteiger partial charge in [-0.1, -0.05) is 29.8 Å². The number of hydrogen-bond donors (Lipinski definition) is 2. The second-order valence-corrected chi connectivity index (χ2v) is 7.56. The molecule has 30 heavy (non-hydrogen) atoms. The summed E-state index contributed by atoms with van der Waals surface area (Å²) in [6.07, 6.45) is 2.26. The number of ether oxygens (including phenoxy) is 1. The molecule has 1 aliphatic rings. The Labute approximate surface area is 177 Å². The van der Waals surface area contributed by atoms with Crippen LogP contribution in [-0.4, -0.2) is 33.0 Å². The highest BCUT2D eigenvalue weighted by Gasteiger charge is 2.27. The molecule has 1 saturated heterocycles. The predicted octanol–water partition coefficient (Wildman–Crippen LogP) is 4.24. The number of hydrogen-bond acceptors (Lipinski definition) is 7. The zero-order valence-corrected chi connectivity index (χ0v) is 17.5. The number of aryl methyl sites for hydroxylation is 1. The number of nitrogen functional groups attached to an aromatic ring is 1. The lowest BCUT2D eigenvalue weighted by Gasteiger charge is -2.24. The number of aromatic nitrogens is 3. The van der Waals surface area contributed by atoms with Crippen LogP contribution in [0.25, 0.3) is 0 Å². The summed E-state index contributed by atoms with van der Waals surface area (Å²) in [5.41, 5.74) is 9.38. The first-order chi connectivity index (χ1) is 14.6.